The van der Waals surface area contributed by atoms with E-state index in [0.717, 1.165) is 12.8 Å². The maximum atomic E-state index is 11.3. The Labute approximate surface area is 88.1 Å². The summed E-state index contributed by atoms with van der Waals surface area (Å²) in [6.45, 7) is 7.97. The monoisotopic (exact) mass is 203 g/mol. The van der Waals surface area contributed by atoms with Gasteiger partial charge in [-0.2, -0.15) is 0 Å². The Morgan fingerprint density at radius 2 is 1.57 bits per heavy atom. The van der Waals surface area contributed by atoms with Crippen LogP contribution in [0.2, 0.25) is 0 Å². The first-order chi connectivity index (χ1) is 6.54. The van der Waals surface area contributed by atoms with Gasteiger partial charge in [-0.1, -0.05) is 40.5 Å². The quantitative estimate of drug-likeness (QED) is 0.758. The van der Waals surface area contributed by atoms with Crippen molar-refractivity contribution in [1.29, 1.82) is 0 Å². The number of hydrogen-bond donors (Lipinski definition) is 1. The SMILES string of the molecule is CC.CCC(CC)C(O)C(=O)N(C)C. The van der Waals surface area contributed by atoms with E-state index in [1.807, 2.05) is 27.7 Å². The molecule has 0 aliphatic carbocycles. The molecule has 0 fully saturated rings. The van der Waals surface area contributed by atoms with Crippen LogP contribution >= 0.6 is 0 Å². The van der Waals surface area contributed by atoms with Crippen molar-refractivity contribution in [3.8, 4) is 0 Å². The van der Waals surface area contributed by atoms with Gasteiger partial charge in [-0.3, -0.25) is 4.79 Å². The second-order valence-corrected chi connectivity index (χ2v) is 3.25. The molecule has 1 unspecified atom stereocenters. The van der Waals surface area contributed by atoms with Crippen LogP contribution in [0.25, 0.3) is 0 Å². The molecule has 3 heteroatoms. The van der Waals surface area contributed by atoms with E-state index in [2.05, 4.69) is 0 Å². The Balaban J connectivity index is 0. The summed E-state index contributed by atoms with van der Waals surface area (Å²) in [4.78, 5) is 12.7. The lowest BCUT2D eigenvalue weighted by molar-refractivity contribution is -0.140. The maximum Gasteiger partial charge on any atom is 0.251 e. The van der Waals surface area contributed by atoms with Crippen LogP contribution in [0.1, 0.15) is 40.5 Å². The topological polar surface area (TPSA) is 40.5 Å². The molecule has 1 atom stereocenters. The second kappa shape index (κ2) is 9.00. The summed E-state index contributed by atoms with van der Waals surface area (Å²) in [5.74, 6) is -0.0939. The van der Waals surface area contributed by atoms with Gasteiger partial charge in [-0.05, 0) is 5.92 Å². The molecule has 0 radical (unpaired) electrons. The van der Waals surface area contributed by atoms with Crippen LogP contribution in [0.15, 0.2) is 0 Å². The number of amides is 1. The van der Waals surface area contributed by atoms with Gasteiger partial charge < -0.3 is 10.0 Å². The van der Waals surface area contributed by atoms with Crippen LogP contribution < -0.4 is 0 Å². The number of carbonyl (C=O) groups is 1. The van der Waals surface area contributed by atoms with Gasteiger partial charge in [-0.25, -0.2) is 0 Å². The summed E-state index contributed by atoms with van der Waals surface area (Å²) in [6.07, 6.45) is 0.865. The number of aliphatic hydroxyl groups is 1. The fourth-order valence-electron chi connectivity index (χ4n) is 1.20. The molecule has 0 aliphatic rings. The molecule has 0 aromatic rings. The maximum absolute atomic E-state index is 11.3. The minimum Gasteiger partial charge on any atom is -0.383 e. The second-order valence-electron chi connectivity index (χ2n) is 3.25. The molecule has 0 bridgehead atoms. The largest absolute Gasteiger partial charge is 0.383 e. The standard InChI is InChI=1S/C9H19NO2.C2H6/c1-5-7(6-2)8(11)9(12)10(3)4;1-2/h7-8,11H,5-6H2,1-4H3;1-2H3. The van der Waals surface area contributed by atoms with Gasteiger partial charge in [0.25, 0.3) is 5.91 Å². The zero-order valence-corrected chi connectivity index (χ0v) is 10.4. The average molecular weight is 203 g/mol. The van der Waals surface area contributed by atoms with Crippen molar-refractivity contribution in [3.63, 3.8) is 0 Å². The number of likely N-dealkylation sites (N-methyl/N-ethyl adjacent to an activating group) is 1. The Kier molecular flexibility index (Phi) is 10.2. The van der Waals surface area contributed by atoms with Gasteiger partial charge in [0.05, 0.1) is 0 Å². The normalized spacial score (nSPS) is 11.7. The van der Waals surface area contributed by atoms with E-state index >= 15 is 0 Å². The highest BCUT2D eigenvalue weighted by molar-refractivity contribution is 5.80. The third kappa shape index (κ3) is 5.22. The summed E-state index contributed by atoms with van der Waals surface area (Å²) in [5, 5.41) is 9.56. The highest BCUT2D eigenvalue weighted by Gasteiger charge is 2.24. The zero-order valence-electron chi connectivity index (χ0n) is 10.4. The highest BCUT2D eigenvalue weighted by Crippen LogP contribution is 2.14. The van der Waals surface area contributed by atoms with E-state index in [1.165, 1.54) is 4.90 Å². The molecule has 1 amide bonds. The summed E-state index contributed by atoms with van der Waals surface area (Å²) in [7, 11) is 3.32. The molecule has 14 heavy (non-hydrogen) atoms. The van der Waals surface area contributed by atoms with E-state index in [9.17, 15) is 9.90 Å². The smallest absolute Gasteiger partial charge is 0.251 e. The molecule has 0 aromatic heterocycles. The van der Waals surface area contributed by atoms with Gasteiger partial charge in [0.2, 0.25) is 0 Å². The number of nitrogens with zero attached hydrogens (tertiary/aromatic N) is 1. The van der Waals surface area contributed by atoms with Crippen LogP contribution in [0.5, 0.6) is 0 Å². The molecule has 0 aromatic carbocycles. The molecule has 0 aliphatic heterocycles. The number of hydrogen-bond acceptors (Lipinski definition) is 2. The molecule has 3 nitrogen and oxygen atoms in total. The minimum atomic E-state index is -0.824. The highest BCUT2D eigenvalue weighted by atomic mass is 16.3. The lowest BCUT2D eigenvalue weighted by Crippen LogP contribution is -2.38. The lowest BCUT2D eigenvalue weighted by Gasteiger charge is -2.22. The number of rotatable bonds is 4. The van der Waals surface area contributed by atoms with Gasteiger partial charge >= 0.3 is 0 Å². The molecule has 0 saturated heterocycles. The first-order valence-corrected chi connectivity index (χ1v) is 5.43. The van der Waals surface area contributed by atoms with Crippen molar-refractivity contribution in [2.75, 3.05) is 14.1 Å². The summed E-state index contributed by atoms with van der Waals surface area (Å²) in [5.41, 5.74) is 0. The lowest BCUT2D eigenvalue weighted by atomic mass is 9.96. The van der Waals surface area contributed by atoms with Crippen molar-refractivity contribution < 1.29 is 9.90 Å². The van der Waals surface area contributed by atoms with E-state index in [1.54, 1.807) is 14.1 Å². The summed E-state index contributed by atoms with van der Waals surface area (Å²) in [6, 6.07) is 0. The third-order valence-corrected chi connectivity index (χ3v) is 2.19. The zero-order chi connectivity index (χ0) is 11.7. The van der Waals surface area contributed by atoms with Crippen LogP contribution in [0.3, 0.4) is 0 Å². The number of aliphatic hydroxyl groups excluding tert-OH is 1. The fourth-order valence-corrected chi connectivity index (χ4v) is 1.20. The molecule has 0 rings (SSSR count). The van der Waals surface area contributed by atoms with Crippen molar-refractivity contribution >= 4 is 5.91 Å². The summed E-state index contributed by atoms with van der Waals surface area (Å²) < 4.78 is 0. The minimum absolute atomic E-state index is 0.0971. The van der Waals surface area contributed by atoms with Crippen molar-refractivity contribution in [1.82, 2.24) is 4.90 Å². The van der Waals surface area contributed by atoms with Gasteiger partial charge in [-0.15, -0.1) is 0 Å². The predicted molar refractivity (Wildman–Crippen MR) is 60.1 cm³/mol. The van der Waals surface area contributed by atoms with Crippen LogP contribution in [0.4, 0.5) is 0 Å². The van der Waals surface area contributed by atoms with E-state index in [-0.39, 0.29) is 11.8 Å². The van der Waals surface area contributed by atoms with Crippen molar-refractivity contribution in [2.45, 2.75) is 46.6 Å². The van der Waals surface area contributed by atoms with Gasteiger partial charge in [0.1, 0.15) is 6.10 Å². The Bertz CT molecular complexity index is 142. The van der Waals surface area contributed by atoms with Crippen LogP contribution in [0, 0.1) is 5.92 Å². The molecular weight excluding hydrogens is 178 g/mol. The first-order valence-electron chi connectivity index (χ1n) is 5.43. The summed E-state index contributed by atoms with van der Waals surface area (Å²) >= 11 is 0. The predicted octanol–water partition coefficient (Wildman–Crippen LogP) is 1.90. The van der Waals surface area contributed by atoms with Crippen molar-refractivity contribution in [3.05, 3.63) is 0 Å². The van der Waals surface area contributed by atoms with Gasteiger partial charge in [0, 0.05) is 14.1 Å². The third-order valence-electron chi connectivity index (χ3n) is 2.19. The molecular formula is C11H25NO2. The van der Waals surface area contributed by atoms with E-state index in [0.29, 0.717) is 0 Å². The van der Waals surface area contributed by atoms with E-state index in [4.69, 9.17) is 0 Å². The molecule has 0 saturated carbocycles. The van der Waals surface area contributed by atoms with Crippen LogP contribution in [-0.4, -0.2) is 36.1 Å². The number of carbonyl (C=O) groups excluding carboxylic acids is 1. The Morgan fingerprint density at radius 3 is 1.79 bits per heavy atom. The van der Waals surface area contributed by atoms with Crippen molar-refractivity contribution in [2.24, 2.45) is 5.92 Å². The average Bonchev–Trinajstić information content (AvgIpc) is 2.21. The molecule has 0 heterocycles. The molecule has 1 N–H and O–H groups in total. The first kappa shape index (κ1) is 15.9. The Hall–Kier alpha value is -0.570. The molecule has 86 valence electrons. The Morgan fingerprint density at radius 1 is 1.21 bits per heavy atom. The van der Waals surface area contributed by atoms with E-state index < -0.39 is 6.10 Å². The van der Waals surface area contributed by atoms with Crippen LogP contribution in [-0.2, 0) is 4.79 Å². The van der Waals surface area contributed by atoms with Gasteiger partial charge in [0.15, 0.2) is 0 Å². The molecule has 0 spiro atoms. The fraction of sp³-hybridized carbons (Fsp3) is 0.909.